The molecule has 2 heterocycles. The molecule has 1 aliphatic carbocycles. The van der Waals surface area contributed by atoms with Gasteiger partial charge >= 0.3 is 0 Å². The van der Waals surface area contributed by atoms with E-state index in [4.69, 9.17) is 4.74 Å². The second-order valence-corrected chi connectivity index (χ2v) is 9.54. The molecule has 3 aromatic rings. The number of anilines is 1. The van der Waals surface area contributed by atoms with E-state index in [0.29, 0.717) is 30.1 Å². The number of benzene rings is 2. The Morgan fingerprint density at radius 3 is 2.45 bits per heavy atom. The average molecular weight is 516 g/mol. The van der Waals surface area contributed by atoms with E-state index in [-0.39, 0.29) is 39.5 Å². The van der Waals surface area contributed by atoms with Gasteiger partial charge in [0.2, 0.25) is 0 Å². The Bertz CT molecular complexity index is 1570. The van der Waals surface area contributed by atoms with Crippen molar-refractivity contribution in [1.82, 2.24) is 20.6 Å². The Labute approximate surface area is 217 Å². The maximum Gasteiger partial charge on any atom is 0.194 e. The number of phenolic OH excluding ortho intramolecular Hbond substituents is 2. The van der Waals surface area contributed by atoms with Crippen LogP contribution in [0.5, 0.6) is 17.2 Å². The van der Waals surface area contributed by atoms with Gasteiger partial charge in [-0.3, -0.25) is 14.4 Å². The van der Waals surface area contributed by atoms with Crippen LogP contribution in [0.25, 0.3) is 0 Å². The number of Topliss-reactive ketones (excluding diaryl/α,β-unsaturated/α-hetero) is 2. The summed E-state index contributed by atoms with van der Waals surface area (Å²) in [7, 11) is 0. The molecule has 38 heavy (non-hydrogen) atoms. The smallest absolute Gasteiger partial charge is 0.194 e. The summed E-state index contributed by atoms with van der Waals surface area (Å²) in [6.45, 7) is 5.84. The van der Waals surface area contributed by atoms with E-state index < -0.39 is 28.5 Å². The summed E-state index contributed by atoms with van der Waals surface area (Å²) < 4.78 is 5.79. The third kappa shape index (κ3) is 3.74. The van der Waals surface area contributed by atoms with Crippen molar-refractivity contribution in [2.75, 3.05) is 5.32 Å². The number of rotatable bonds is 6. The third-order valence-corrected chi connectivity index (χ3v) is 7.07. The second-order valence-electron chi connectivity index (χ2n) is 9.54. The van der Waals surface area contributed by atoms with Gasteiger partial charge in [0.15, 0.2) is 23.2 Å². The predicted molar refractivity (Wildman–Crippen MR) is 135 cm³/mol. The van der Waals surface area contributed by atoms with E-state index in [1.54, 1.807) is 6.92 Å². The van der Waals surface area contributed by atoms with Crippen molar-refractivity contribution >= 4 is 23.0 Å². The van der Waals surface area contributed by atoms with Crippen molar-refractivity contribution in [3.63, 3.8) is 0 Å². The zero-order chi connectivity index (χ0) is 27.4. The number of aromatic amines is 1. The minimum Gasteiger partial charge on any atom is -0.507 e. The van der Waals surface area contributed by atoms with Gasteiger partial charge in [-0.25, -0.2) is 0 Å². The maximum absolute atomic E-state index is 13.9. The molecule has 5 rings (SSSR count). The lowest BCUT2D eigenvalue weighted by molar-refractivity contribution is -0.123. The second kappa shape index (κ2) is 8.94. The van der Waals surface area contributed by atoms with Gasteiger partial charge in [-0.1, -0.05) is 17.3 Å². The molecule has 0 bridgehead atoms. The molecule has 4 N–H and O–H groups in total. The third-order valence-electron chi connectivity index (χ3n) is 7.07. The number of aromatic nitrogens is 4. The van der Waals surface area contributed by atoms with Crippen LogP contribution in [0.4, 0.5) is 5.69 Å². The lowest BCUT2D eigenvalue weighted by atomic mass is 9.70. The topological polar surface area (TPSA) is 167 Å². The molecule has 0 unspecified atom stereocenters. The molecule has 0 saturated carbocycles. The van der Waals surface area contributed by atoms with Crippen LogP contribution in [0, 0.1) is 6.92 Å². The molecule has 2 aromatic carbocycles. The highest BCUT2D eigenvalue weighted by atomic mass is 16.5. The molecule has 0 spiro atoms. The molecule has 0 radical (unpaired) electrons. The van der Waals surface area contributed by atoms with Crippen molar-refractivity contribution < 1.29 is 29.3 Å². The van der Waals surface area contributed by atoms with Crippen LogP contribution in [0.15, 0.2) is 47.4 Å². The van der Waals surface area contributed by atoms with Crippen molar-refractivity contribution in [2.24, 2.45) is 0 Å². The van der Waals surface area contributed by atoms with Gasteiger partial charge in [-0.2, -0.15) is 5.21 Å². The van der Waals surface area contributed by atoms with Crippen LogP contribution >= 0.6 is 0 Å². The van der Waals surface area contributed by atoms with E-state index in [2.05, 4.69) is 25.9 Å². The molecular weight excluding hydrogens is 490 g/mol. The normalized spacial score (nSPS) is 19.4. The molecule has 11 heteroatoms. The summed E-state index contributed by atoms with van der Waals surface area (Å²) in [5.41, 5.74) is 0.340. The first-order chi connectivity index (χ1) is 18.0. The van der Waals surface area contributed by atoms with Crippen LogP contribution < -0.4 is 10.1 Å². The minimum absolute atomic E-state index is 0.00666. The quantitative estimate of drug-likeness (QED) is 0.218. The van der Waals surface area contributed by atoms with E-state index in [9.17, 15) is 24.6 Å². The maximum atomic E-state index is 13.9. The number of ketones is 3. The number of ether oxygens (including phenoxy) is 1. The number of aryl methyl sites for hydroxylation is 2. The Hall–Kier alpha value is -4.80. The van der Waals surface area contributed by atoms with Gasteiger partial charge in [-0.15, -0.1) is 10.2 Å². The molecule has 1 aliphatic heterocycles. The highest BCUT2D eigenvalue weighted by molar-refractivity contribution is 6.31. The molecule has 2 aliphatic rings. The SMILES string of the molecule is CC(=O)c1c(O)c(C)c(O)c2c1OC1=CC(=O)C(=C(C)Nc3ccc(CCc4nn[nH]n4)cc3)C(=O)[C@@]12C. The molecule has 11 nitrogen and oxygen atoms in total. The monoisotopic (exact) mass is 515 g/mol. The van der Waals surface area contributed by atoms with Crippen LogP contribution in [0.3, 0.4) is 0 Å². The number of nitrogens with one attached hydrogen (secondary N) is 2. The van der Waals surface area contributed by atoms with Gasteiger partial charge in [-0.05, 0) is 51.8 Å². The number of tetrazole rings is 1. The number of carbonyl (C=O) groups is 3. The van der Waals surface area contributed by atoms with Crippen LogP contribution in [-0.4, -0.2) is 48.2 Å². The minimum atomic E-state index is -1.56. The van der Waals surface area contributed by atoms with E-state index in [1.165, 1.54) is 26.8 Å². The first-order valence-corrected chi connectivity index (χ1v) is 11.9. The summed E-state index contributed by atoms with van der Waals surface area (Å²) in [5.74, 6) is -1.95. The number of fused-ring (bicyclic) bond motifs is 3. The van der Waals surface area contributed by atoms with Gasteiger partial charge in [0.25, 0.3) is 0 Å². The number of carbonyl (C=O) groups excluding carboxylic acids is 3. The zero-order valence-electron chi connectivity index (χ0n) is 21.2. The summed E-state index contributed by atoms with van der Waals surface area (Å²) in [5, 5.41) is 38.4. The Kier molecular flexibility index (Phi) is 5.85. The van der Waals surface area contributed by atoms with E-state index >= 15 is 0 Å². The van der Waals surface area contributed by atoms with E-state index in [1.807, 2.05) is 24.3 Å². The highest BCUT2D eigenvalue weighted by Crippen LogP contribution is 2.57. The molecule has 0 saturated heterocycles. The van der Waals surface area contributed by atoms with Gasteiger partial charge < -0.3 is 20.3 Å². The number of phenols is 2. The van der Waals surface area contributed by atoms with Gasteiger partial charge in [0.1, 0.15) is 34.0 Å². The van der Waals surface area contributed by atoms with E-state index in [0.717, 1.165) is 5.56 Å². The number of allylic oxidation sites excluding steroid dienone is 4. The molecule has 194 valence electrons. The Morgan fingerprint density at radius 1 is 1.11 bits per heavy atom. The van der Waals surface area contributed by atoms with Crippen molar-refractivity contribution in [3.8, 4) is 17.2 Å². The predicted octanol–water partition coefficient (Wildman–Crippen LogP) is 2.98. The molecule has 0 amide bonds. The lowest BCUT2D eigenvalue weighted by Crippen LogP contribution is -2.40. The first-order valence-electron chi connectivity index (χ1n) is 11.9. The fourth-order valence-corrected chi connectivity index (χ4v) is 4.94. The molecule has 1 atom stereocenters. The number of hydrogen-bond donors (Lipinski definition) is 4. The first kappa shape index (κ1) is 24.9. The fourth-order valence-electron chi connectivity index (χ4n) is 4.94. The lowest BCUT2D eigenvalue weighted by Gasteiger charge is -2.29. The summed E-state index contributed by atoms with van der Waals surface area (Å²) >= 11 is 0. The Morgan fingerprint density at radius 2 is 1.82 bits per heavy atom. The summed E-state index contributed by atoms with van der Waals surface area (Å²) in [6.07, 6.45) is 2.53. The van der Waals surface area contributed by atoms with Gasteiger partial charge in [0.05, 0.1) is 11.1 Å². The summed E-state index contributed by atoms with van der Waals surface area (Å²) in [6, 6.07) is 7.51. The summed E-state index contributed by atoms with van der Waals surface area (Å²) in [4.78, 5) is 39.3. The van der Waals surface area contributed by atoms with Crippen LogP contribution in [-0.2, 0) is 27.8 Å². The van der Waals surface area contributed by atoms with Crippen molar-refractivity contribution in [2.45, 2.75) is 46.0 Å². The number of hydrogen-bond acceptors (Lipinski definition) is 10. The zero-order valence-corrected chi connectivity index (χ0v) is 21.2. The average Bonchev–Trinajstić information content (AvgIpc) is 3.49. The Balaban J connectivity index is 1.48. The largest absolute Gasteiger partial charge is 0.507 e. The van der Waals surface area contributed by atoms with Crippen molar-refractivity contribution in [3.05, 3.63) is 75.4 Å². The highest BCUT2D eigenvalue weighted by Gasteiger charge is 2.56. The molecule has 1 aromatic heterocycles. The van der Waals surface area contributed by atoms with Crippen LogP contribution in [0.1, 0.15) is 53.6 Å². The van der Waals surface area contributed by atoms with Crippen molar-refractivity contribution in [1.29, 1.82) is 0 Å². The molecule has 0 fully saturated rings. The van der Waals surface area contributed by atoms with Gasteiger partial charge in [0, 0.05) is 29.4 Å². The van der Waals surface area contributed by atoms with Crippen LogP contribution in [0.2, 0.25) is 0 Å². The molecular formula is C27H25N5O6. The number of nitrogens with zero attached hydrogens (tertiary/aromatic N) is 3. The standard InChI is InChI=1S/C27H25N5O6/c1-12-23(35)21(14(3)33)25-22(24(12)36)27(4)18(38-25)11-17(34)20(26(27)37)13(2)28-16-8-5-15(6-9-16)7-10-19-29-31-32-30-19/h5-6,8-9,11,28,35-36H,7,10H2,1-4H3,(H,29,30,31,32)/t27-/m0/s1. The fraction of sp³-hybridized carbons (Fsp3) is 0.259. The number of aromatic hydroxyl groups is 2. The number of H-pyrrole nitrogens is 1.